The molecule has 0 aliphatic carbocycles. The van der Waals surface area contributed by atoms with Crippen molar-refractivity contribution >= 4 is 39.7 Å². The molecule has 0 fully saturated rings. The van der Waals surface area contributed by atoms with Gasteiger partial charge in [-0.05, 0) is 17.7 Å². The van der Waals surface area contributed by atoms with Crippen molar-refractivity contribution in [3.63, 3.8) is 0 Å². The van der Waals surface area contributed by atoms with Crippen LogP contribution in [-0.2, 0) is 10.5 Å². The molecule has 0 amide bonds. The first-order valence-electron chi connectivity index (χ1n) is 9.56. The minimum absolute atomic E-state index is 0.101. The summed E-state index contributed by atoms with van der Waals surface area (Å²) in [4.78, 5) is 14.4. The Morgan fingerprint density at radius 2 is 2.00 bits per heavy atom. The summed E-state index contributed by atoms with van der Waals surface area (Å²) < 4.78 is 10.6. The number of aromatic nitrogens is 2. The maximum atomic E-state index is 9.94. The highest BCUT2D eigenvalue weighted by Crippen LogP contribution is 2.42. The van der Waals surface area contributed by atoms with Gasteiger partial charge in [-0.2, -0.15) is 5.26 Å². The van der Waals surface area contributed by atoms with Crippen molar-refractivity contribution in [1.29, 1.82) is 5.26 Å². The summed E-state index contributed by atoms with van der Waals surface area (Å²) in [7, 11) is 5.49. The lowest BCUT2D eigenvalue weighted by Gasteiger charge is -2.13. The molecule has 1 aromatic carbocycles. The average Bonchev–Trinajstić information content (AvgIpc) is 3.27. The molecule has 3 rings (SSSR count). The average molecular weight is 467 g/mol. The van der Waals surface area contributed by atoms with Gasteiger partial charge in [0, 0.05) is 37.9 Å². The first-order valence-corrected chi connectivity index (χ1v) is 11.4. The second kappa shape index (κ2) is 10.8. The van der Waals surface area contributed by atoms with E-state index in [2.05, 4.69) is 20.9 Å². The summed E-state index contributed by atoms with van der Waals surface area (Å²) in [6.45, 7) is 8.50. The number of benzene rings is 1. The van der Waals surface area contributed by atoms with Crippen molar-refractivity contribution in [2.24, 2.45) is 0 Å². The third kappa shape index (κ3) is 5.29. The maximum Gasteiger partial charge on any atom is 0.236 e. The van der Waals surface area contributed by atoms with Crippen LogP contribution in [0.25, 0.3) is 16.0 Å². The molecule has 0 radical (unpaired) electrons. The third-order valence-electron chi connectivity index (χ3n) is 4.37. The number of nitriles is 1. The van der Waals surface area contributed by atoms with Gasteiger partial charge in [-0.25, -0.2) is 14.8 Å². The summed E-state index contributed by atoms with van der Waals surface area (Å²) in [6, 6.07) is 9.43. The van der Waals surface area contributed by atoms with Crippen LogP contribution in [0.5, 0.6) is 5.75 Å². The number of nitrogens with two attached hydrogens (primary N) is 1. The maximum absolute atomic E-state index is 9.94. The molecule has 2 heterocycles. The number of thioether (sulfide) groups is 1. The number of nitrogens with zero attached hydrogens (tertiary/aromatic N) is 5. The summed E-state index contributed by atoms with van der Waals surface area (Å²) >= 11 is 2.93. The number of anilines is 2. The second-order valence-electron chi connectivity index (χ2n) is 6.79. The van der Waals surface area contributed by atoms with Crippen LogP contribution in [0, 0.1) is 17.9 Å². The molecule has 0 atom stereocenters. The van der Waals surface area contributed by atoms with Gasteiger partial charge < -0.3 is 20.1 Å². The Bertz CT molecular complexity index is 1160. The monoisotopic (exact) mass is 466 g/mol. The van der Waals surface area contributed by atoms with Crippen LogP contribution < -0.4 is 15.4 Å². The van der Waals surface area contributed by atoms with Gasteiger partial charge in [0.25, 0.3) is 0 Å². The molecule has 2 N–H and O–H groups in total. The minimum Gasteiger partial charge on any atom is -0.491 e. The smallest absolute Gasteiger partial charge is 0.236 e. The van der Waals surface area contributed by atoms with E-state index < -0.39 is 0 Å². The lowest BCUT2D eigenvalue weighted by atomic mass is 10.00. The number of methoxy groups -OCH3 is 1. The lowest BCUT2D eigenvalue weighted by Crippen LogP contribution is -2.07. The number of hydrogen-bond acceptors (Lipinski definition) is 9. The van der Waals surface area contributed by atoms with Gasteiger partial charge in [-0.3, -0.25) is 0 Å². The van der Waals surface area contributed by atoms with E-state index in [1.165, 1.54) is 11.8 Å². The summed E-state index contributed by atoms with van der Waals surface area (Å²) in [5, 5.41) is 13.3. The van der Waals surface area contributed by atoms with Gasteiger partial charge in [-0.1, -0.05) is 23.9 Å². The van der Waals surface area contributed by atoms with Crippen molar-refractivity contribution in [3.8, 4) is 22.9 Å². The Hall–Kier alpha value is -3.31. The van der Waals surface area contributed by atoms with E-state index >= 15 is 0 Å². The van der Waals surface area contributed by atoms with Crippen LogP contribution in [0.2, 0.25) is 0 Å². The highest BCUT2D eigenvalue weighted by Gasteiger charge is 2.21. The fourth-order valence-electron chi connectivity index (χ4n) is 2.85. The molecule has 0 bridgehead atoms. The topological polar surface area (TPSA) is 102 Å². The predicted octanol–water partition coefficient (Wildman–Crippen LogP) is 4.59. The molecule has 0 spiro atoms. The van der Waals surface area contributed by atoms with Crippen molar-refractivity contribution in [2.75, 3.05) is 45.1 Å². The fraction of sp³-hybridized carbons (Fsp3) is 0.273. The molecular formula is C22H22N6O2S2. The molecule has 0 aliphatic heterocycles. The van der Waals surface area contributed by atoms with Gasteiger partial charge in [-0.15, -0.1) is 11.3 Å². The number of rotatable bonds is 9. The van der Waals surface area contributed by atoms with Crippen molar-refractivity contribution in [2.45, 2.75) is 10.8 Å². The number of pyridine rings is 1. The zero-order chi connectivity index (χ0) is 23.1. The molecule has 0 aliphatic rings. The first kappa shape index (κ1) is 23.4. The zero-order valence-corrected chi connectivity index (χ0v) is 19.6. The standard InChI is InChI=1S/C22H22N6O2S2/c1-25-19-18(14-5-7-16(8-6-14)30-10-9-29-4)17(11-23)21(27-20(19)24)31-12-15-13-32-22(26-15)28(2)3/h5-8,13H,9-10,12H2,2-4H3,(H2,24,27). The van der Waals surface area contributed by atoms with Gasteiger partial charge >= 0.3 is 0 Å². The van der Waals surface area contributed by atoms with Gasteiger partial charge in [0.15, 0.2) is 5.13 Å². The predicted molar refractivity (Wildman–Crippen MR) is 128 cm³/mol. The highest BCUT2D eigenvalue weighted by molar-refractivity contribution is 7.98. The van der Waals surface area contributed by atoms with E-state index in [1.807, 2.05) is 36.5 Å². The van der Waals surface area contributed by atoms with Crippen molar-refractivity contribution in [3.05, 3.63) is 52.3 Å². The van der Waals surface area contributed by atoms with E-state index in [0.29, 0.717) is 46.4 Å². The quantitative estimate of drug-likeness (QED) is 0.277. The Morgan fingerprint density at radius 3 is 2.59 bits per heavy atom. The molecular weight excluding hydrogens is 444 g/mol. The largest absolute Gasteiger partial charge is 0.491 e. The Balaban J connectivity index is 1.94. The summed E-state index contributed by atoms with van der Waals surface area (Å²) in [5.41, 5.74) is 8.68. The number of hydrogen-bond donors (Lipinski definition) is 1. The molecule has 2 aromatic heterocycles. The Kier molecular flexibility index (Phi) is 7.90. The fourth-order valence-corrected chi connectivity index (χ4v) is 4.60. The summed E-state index contributed by atoms with van der Waals surface area (Å²) in [5.74, 6) is 1.31. The normalized spacial score (nSPS) is 10.4. The molecule has 32 heavy (non-hydrogen) atoms. The van der Waals surface area contributed by atoms with Crippen LogP contribution in [-0.4, -0.2) is 44.4 Å². The molecule has 0 saturated carbocycles. The minimum atomic E-state index is 0.101. The highest BCUT2D eigenvalue weighted by atomic mass is 32.2. The molecule has 0 saturated heterocycles. The molecule has 164 valence electrons. The van der Waals surface area contributed by atoms with Gasteiger partial charge in [0.05, 0.1) is 24.4 Å². The SMILES string of the molecule is [C-]#[N+]c1c(N)nc(SCc2csc(N(C)C)n2)c(C#N)c1-c1ccc(OCCOC)cc1. The first-order chi connectivity index (χ1) is 15.5. The number of ether oxygens (including phenoxy) is 2. The molecule has 0 unspecified atom stereocenters. The number of nitrogen functional groups attached to an aromatic ring is 1. The van der Waals surface area contributed by atoms with E-state index in [1.54, 1.807) is 30.6 Å². The second-order valence-corrected chi connectivity index (χ2v) is 8.60. The van der Waals surface area contributed by atoms with Crippen LogP contribution >= 0.6 is 23.1 Å². The van der Waals surface area contributed by atoms with Crippen molar-refractivity contribution in [1.82, 2.24) is 9.97 Å². The van der Waals surface area contributed by atoms with Crippen LogP contribution in [0.4, 0.5) is 16.6 Å². The van der Waals surface area contributed by atoms with E-state index in [0.717, 1.165) is 10.8 Å². The Morgan fingerprint density at radius 1 is 1.25 bits per heavy atom. The third-order valence-corrected chi connectivity index (χ3v) is 6.43. The summed E-state index contributed by atoms with van der Waals surface area (Å²) in [6.07, 6.45) is 0. The van der Waals surface area contributed by atoms with Crippen LogP contribution in [0.15, 0.2) is 34.7 Å². The van der Waals surface area contributed by atoms with E-state index in [-0.39, 0.29) is 11.5 Å². The molecule has 8 nitrogen and oxygen atoms in total. The Labute approximate surface area is 195 Å². The number of thiazole rings is 1. The van der Waals surface area contributed by atoms with E-state index in [9.17, 15) is 5.26 Å². The van der Waals surface area contributed by atoms with Crippen molar-refractivity contribution < 1.29 is 9.47 Å². The van der Waals surface area contributed by atoms with Crippen LogP contribution in [0.3, 0.4) is 0 Å². The zero-order valence-electron chi connectivity index (χ0n) is 18.0. The van der Waals surface area contributed by atoms with Gasteiger partial charge in [0.2, 0.25) is 5.69 Å². The molecule has 10 heteroatoms. The van der Waals surface area contributed by atoms with Crippen LogP contribution in [0.1, 0.15) is 11.3 Å². The van der Waals surface area contributed by atoms with E-state index in [4.69, 9.17) is 21.8 Å². The lowest BCUT2D eigenvalue weighted by molar-refractivity contribution is 0.146. The molecule has 3 aromatic rings. The van der Waals surface area contributed by atoms with Gasteiger partial charge in [0.1, 0.15) is 29.3 Å².